The molecule has 0 fully saturated rings. The minimum absolute atomic E-state index is 0.172. The third-order valence-corrected chi connectivity index (χ3v) is 3.39. The van der Waals surface area contributed by atoms with Crippen molar-refractivity contribution in [3.8, 4) is 6.07 Å². The Labute approximate surface area is 117 Å². The van der Waals surface area contributed by atoms with Crippen LogP contribution in [0.15, 0.2) is 38.5 Å². The summed E-state index contributed by atoms with van der Waals surface area (Å²) in [6.07, 6.45) is 1.33. The van der Waals surface area contributed by atoms with Crippen LogP contribution < -0.4 is 11.2 Å². The molecular weight excluding hydrogens is 310 g/mol. The predicted molar refractivity (Wildman–Crippen MR) is 74.0 cm³/mol. The maximum absolute atomic E-state index is 11.9. The number of hydrogen-bond acceptors (Lipinski definition) is 3. The van der Waals surface area contributed by atoms with Crippen LogP contribution in [0.3, 0.4) is 0 Å². The summed E-state index contributed by atoms with van der Waals surface area (Å²) >= 11 is 3.09. The van der Waals surface area contributed by atoms with Crippen LogP contribution >= 0.6 is 15.9 Å². The van der Waals surface area contributed by atoms with E-state index in [1.54, 1.807) is 18.2 Å². The van der Waals surface area contributed by atoms with Gasteiger partial charge in [0.15, 0.2) is 0 Å². The number of aromatic nitrogens is 2. The fourth-order valence-corrected chi connectivity index (χ4v) is 2.07. The zero-order valence-corrected chi connectivity index (χ0v) is 11.7. The minimum Gasteiger partial charge on any atom is -0.313 e. The van der Waals surface area contributed by atoms with Crippen LogP contribution in [0.1, 0.15) is 16.7 Å². The zero-order valence-electron chi connectivity index (χ0n) is 10.1. The standard InChI is InChI=1S/C13H10BrN3O2/c1-8-4-9(5-15)2-3-10(8)7-17-12(18)11(14)6-16-13(17)19/h2-4,6H,7H2,1H3,(H,16,19). The van der Waals surface area contributed by atoms with E-state index in [1.807, 2.05) is 13.0 Å². The molecule has 6 heteroatoms. The van der Waals surface area contributed by atoms with Gasteiger partial charge in [0.25, 0.3) is 5.56 Å². The van der Waals surface area contributed by atoms with Crippen molar-refractivity contribution in [2.24, 2.45) is 0 Å². The van der Waals surface area contributed by atoms with Crippen molar-refractivity contribution in [3.63, 3.8) is 0 Å². The Balaban J connectivity index is 2.49. The predicted octanol–water partition coefficient (Wildman–Crippen LogP) is 1.53. The van der Waals surface area contributed by atoms with Crippen molar-refractivity contribution in [2.75, 3.05) is 0 Å². The van der Waals surface area contributed by atoms with E-state index in [0.29, 0.717) is 10.0 Å². The number of hydrogen-bond donors (Lipinski definition) is 1. The molecule has 0 unspecified atom stereocenters. The van der Waals surface area contributed by atoms with Gasteiger partial charge in [-0.15, -0.1) is 0 Å². The fourth-order valence-electron chi connectivity index (χ4n) is 1.74. The second kappa shape index (κ2) is 5.24. The normalized spacial score (nSPS) is 10.2. The number of benzene rings is 1. The van der Waals surface area contributed by atoms with E-state index in [0.717, 1.165) is 15.7 Å². The monoisotopic (exact) mass is 319 g/mol. The molecule has 0 bridgehead atoms. The molecule has 0 atom stereocenters. The zero-order chi connectivity index (χ0) is 14.0. The second-order valence-electron chi connectivity index (χ2n) is 4.09. The van der Waals surface area contributed by atoms with Crippen LogP contribution in [0.4, 0.5) is 0 Å². The highest BCUT2D eigenvalue weighted by Gasteiger charge is 2.08. The topological polar surface area (TPSA) is 78.7 Å². The van der Waals surface area contributed by atoms with Gasteiger partial charge in [-0.2, -0.15) is 5.26 Å². The molecule has 2 rings (SSSR count). The number of nitrogens with one attached hydrogen (secondary N) is 1. The number of nitrogens with zero attached hydrogens (tertiary/aromatic N) is 2. The maximum atomic E-state index is 11.9. The summed E-state index contributed by atoms with van der Waals surface area (Å²) < 4.78 is 1.41. The van der Waals surface area contributed by atoms with Crippen molar-refractivity contribution in [3.05, 3.63) is 66.4 Å². The third-order valence-electron chi connectivity index (χ3n) is 2.82. The Morgan fingerprint density at radius 1 is 1.42 bits per heavy atom. The number of aromatic amines is 1. The maximum Gasteiger partial charge on any atom is 0.328 e. The molecule has 0 saturated heterocycles. The molecule has 0 aliphatic heterocycles. The molecular formula is C13H10BrN3O2. The van der Waals surface area contributed by atoms with Gasteiger partial charge in [-0.05, 0) is 46.1 Å². The van der Waals surface area contributed by atoms with Crippen LogP contribution in [-0.4, -0.2) is 9.55 Å². The van der Waals surface area contributed by atoms with E-state index in [1.165, 1.54) is 6.20 Å². The minimum atomic E-state index is -0.461. The average molecular weight is 320 g/mol. The lowest BCUT2D eigenvalue weighted by molar-refractivity contribution is 0.691. The summed E-state index contributed by atoms with van der Waals surface area (Å²) in [6.45, 7) is 2.01. The van der Waals surface area contributed by atoms with Crippen LogP contribution in [0.2, 0.25) is 0 Å². The molecule has 0 saturated carbocycles. The van der Waals surface area contributed by atoms with Crippen LogP contribution in [0, 0.1) is 18.3 Å². The molecule has 0 amide bonds. The molecule has 0 aliphatic carbocycles. The lowest BCUT2D eigenvalue weighted by Gasteiger charge is -2.08. The first-order valence-electron chi connectivity index (χ1n) is 5.50. The van der Waals surface area contributed by atoms with E-state index >= 15 is 0 Å². The largest absolute Gasteiger partial charge is 0.328 e. The highest BCUT2D eigenvalue weighted by molar-refractivity contribution is 9.10. The fraction of sp³-hybridized carbons (Fsp3) is 0.154. The van der Waals surface area contributed by atoms with Gasteiger partial charge in [-0.25, -0.2) is 4.79 Å². The Kier molecular flexibility index (Phi) is 3.67. The highest BCUT2D eigenvalue weighted by Crippen LogP contribution is 2.11. The lowest BCUT2D eigenvalue weighted by atomic mass is 10.1. The van der Waals surface area contributed by atoms with Gasteiger partial charge >= 0.3 is 5.69 Å². The molecule has 1 heterocycles. The summed E-state index contributed by atoms with van der Waals surface area (Å²) in [5, 5.41) is 8.80. The summed E-state index contributed by atoms with van der Waals surface area (Å²) in [7, 11) is 0. The molecule has 2 aromatic rings. The van der Waals surface area contributed by atoms with E-state index in [4.69, 9.17) is 5.26 Å². The SMILES string of the molecule is Cc1cc(C#N)ccc1Cn1c(=O)[nH]cc(Br)c1=O. The average Bonchev–Trinajstić information content (AvgIpc) is 2.40. The van der Waals surface area contributed by atoms with Crippen LogP contribution in [0.25, 0.3) is 0 Å². The Morgan fingerprint density at radius 2 is 2.16 bits per heavy atom. The van der Waals surface area contributed by atoms with Gasteiger partial charge in [-0.1, -0.05) is 6.07 Å². The second-order valence-corrected chi connectivity index (χ2v) is 4.94. The summed E-state index contributed by atoms with van der Waals surface area (Å²) in [4.78, 5) is 26.0. The first-order chi connectivity index (χ1) is 9.02. The van der Waals surface area contributed by atoms with Crippen molar-refractivity contribution in [1.82, 2.24) is 9.55 Å². The molecule has 0 radical (unpaired) electrons. The summed E-state index contributed by atoms with van der Waals surface area (Å²) in [5.74, 6) is 0. The van der Waals surface area contributed by atoms with Gasteiger partial charge < -0.3 is 4.98 Å². The van der Waals surface area contributed by atoms with E-state index in [2.05, 4.69) is 20.9 Å². The number of nitriles is 1. The first-order valence-corrected chi connectivity index (χ1v) is 6.30. The third kappa shape index (κ3) is 2.66. The number of halogens is 1. The summed E-state index contributed by atoms with van der Waals surface area (Å²) in [6, 6.07) is 7.19. The van der Waals surface area contributed by atoms with E-state index in [-0.39, 0.29) is 12.1 Å². The van der Waals surface area contributed by atoms with Crippen molar-refractivity contribution < 1.29 is 0 Å². The molecule has 5 nitrogen and oxygen atoms in total. The van der Waals surface area contributed by atoms with Gasteiger partial charge in [0.05, 0.1) is 22.7 Å². The molecule has 1 aromatic carbocycles. The number of rotatable bonds is 2. The molecule has 1 N–H and O–H groups in total. The molecule has 96 valence electrons. The van der Waals surface area contributed by atoms with Crippen molar-refractivity contribution >= 4 is 15.9 Å². The molecule has 0 aliphatic rings. The van der Waals surface area contributed by atoms with E-state index in [9.17, 15) is 9.59 Å². The molecule has 1 aromatic heterocycles. The van der Waals surface area contributed by atoms with Gasteiger partial charge in [-0.3, -0.25) is 9.36 Å². The molecule has 0 spiro atoms. The van der Waals surface area contributed by atoms with Crippen LogP contribution in [0.5, 0.6) is 0 Å². The number of aryl methyl sites for hydroxylation is 1. The van der Waals surface area contributed by atoms with Gasteiger partial charge in [0.2, 0.25) is 0 Å². The van der Waals surface area contributed by atoms with Gasteiger partial charge in [0, 0.05) is 6.20 Å². The Morgan fingerprint density at radius 3 is 2.79 bits per heavy atom. The number of H-pyrrole nitrogens is 1. The van der Waals surface area contributed by atoms with E-state index < -0.39 is 5.69 Å². The van der Waals surface area contributed by atoms with Crippen LogP contribution in [-0.2, 0) is 6.54 Å². The first kappa shape index (κ1) is 13.3. The summed E-state index contributed by atoms with van der Waals surface area (Å²) in [5.41, 5.74) is 1.40. The Hall–Kier alpha value is -2.13. The highest BCUT2D eigenvalue weighted by atomic mass is 79.9. The lowest BCUT2D eigenvalue weighted by Crippen LogP contribution is -2.35. The quantitative estimate of drug-likeness (QED) is 0.911. The van der Waals surface area contributed by atoms with Crippen molar-refractivity contribution in [1.29, 1.82) is 5.26 Å². The smallest absolute Gasteiger partial charge is 0.313 e. The van der Waals surface area contributed by atoms with Gasteiger partial charge in [0.1, 0.15) is 0 Å². The molecule has 19 heavy (non-hydrogen) atoms. The Bertz CT molecular complexity index is 784. The van der Waals surface area contributed by atoms with Crippen molar-refractivity contribution in [2.45, 2.75) is 13.5 Å².